The minimum Gasteiger partial charge on any atom is -0.477 e. The van der Waals surface area contributed by atoms with Gasteiger partial charge < -0.3 is 4.74 Å². The van der Waals surface area contributed by atoms with E-state index in [1.54, 1.807) is 12.3 Å². The van der Waals surface area contributed by atoms with Gasteiger partial charge in [0.2, 0.25) is 5.90 Å². The lowest BCUT2D eigenvalue weighted by molar-refractivity contribution is 0.310. The van der Waals surface area contributed by atoms with Crippen LogP contribution in [0.1, 0.15) is 31.4 Å². The smallest absolute Gasteiger partial charge is 0.220 e. The van der Waals surface area contributed by atoms with Crippen LogP contribution >= 0.6 is 23.2 Å². The van der Waals surface area contributed by atoms with Gasteiger partial charge >= 0.3 is 0 Å². The van der Waals surface area contributed by atoms with Gasteiger partial charge in [0.15, 0.2) is 0 Å². The fourth-order valence-electron chi connectivity index (χ4n) is 2.84. The van der Waals surface area contributed by atoms with Crippen molar-refractivity contribution in [3.05, 3.63) is 112 Å². The molecule has 1 aromatic carbocycles. The Hall–Kier alpha value is -2.55. The summed E-state index contributed by atoms with van der Waals surface area (Å²) < 4.78 is 5.87. The number of nitrogens with zero attached hydrogens (tertiary/aromatic N) is 1. The van der Waals surface area contributed by atoms with Crippen molar-refractivity contribution in [3.8, 4) is 0 Å². The molecule has 0 fully saturated rings. The van der Waals surface area contributed by atoms with Gasteiger partial charge in [-0.2, -0.15) is 0 Å². The number of hydrogen-bond acceptors (Lipinski definition) is 2. The van der Waals surface area contributed by atoms with E-state index in [-0.39, 0.29) is 0 Å². The summed E-state index contributed by atoms with van der Waals surface area (Å²) in [5.41, 5.74) is 5.20. The van der Waals surface area contributed by atoms with Crippen molar-refractivity contribution in [2.45, 2.75) is 26.7 Å². The first-order valence-electron chi connectivity index (χ1n) is 9.76. The Morgan fingerprint density at radius 3 is 2.77 bits per heavy atom. The van der Waals surface area contributed by atoms with E-state index in [0.717, 1.165) is 17.6 Å². The van der Waals surface area contributed by atoms with Gasteiger partial charge in [-0.15, -0.1) is 0 Å². The summed E-state index contributed by atoms with van der Waals surface area (Å²) in [6.07, 6.45) is 14.8. The molecule has 0 saturated heterocycles. The Balaban J connectivity index is 2.04. The van der Waals surface area contributed by atoms with Gasteiger partial charge in [-0.25, -0.2) is 4.99 Å². The maximum atomic E-state index is 6.50. The lowest BCUT2D eigenvalue weighted by Gasteiger charge is -2.10. The molecule has 2 nitrogen and oxygen atoms in total. The number of aliphatic imine (C=N–C) groups is 1. The molecule has 1 aliphatic heterocycles. The van der Waals surface area contributed by atoms with Gasteiger partial charge in [0.25, 0.3) is 0 Å². The molecule has 0 atom stereocenters. The van der Waals surface area contributed by atoms with Crippen molar-refractivity contribution in [1.29, 1.82) is 0 Å². The first kappa shape index (κ1) is 23.7. The molecule has 2 rings (SSSR count). The Labute approximate surface area is 190 Å². The third-order valence-corrected chi connectivity index (χ3v) is 4.87. The van der Waals surface area contributed by atoms with Gasteiger partial charge in [-0.05, 0) is 49.1 Å². The molecule has 0 saturated carbocycles. The lowest BCUT2D eigenvalue weighted by atomic mass is 9.98. The highest BCUT2D eigenvalue weighted by Gasteiger charge is 2.14. The second-order valence-corrected chi connectivity index (χ2v) is 7.79. The zero-order valence-electron chi connectivity index (χ0n) is 17.5. The number of ether oxygens (including phenoxy) is 1. The quantitative estimate of drug-likeness (QED) is 0.377. The van der Waals surface area contributed by atoms with Crippen LogP contribution in [0.2, 0.25) is 0 Å². The van der Waals surface area contributed by atoms with Gasteiger partial charge in [0.05, 0.1) is 11.6 Å². The molecule has 0 amide bonds. The predicted molar refractivity (Wildman–Crippen MR) is 132 cm³/mol. The number of hydrogen-bond donors (Lipinski definition) is 0. The maximum absolute atomic E-state index is 6.50. The van der Waals surface area contributed by atoms with Crippen molar-refractivity contribution in [2.75, 3.05) is 6.61 Å². The second-order valence-electron chi connectivity index (χ2n) is 6.90. The molecule has 1 heterocycles. The van der Waals surface area contributed by atoms with Crippen LogP contribution in [0.4, 0.5) is 0 Å². The van der Waals surface area contributed by atoms with E-state index in [1.165, 1.54) is 11.1 Å². The van der Waals surface area contributed by atoms with Crippen LogP contribution in [0.3, 0.4) is 0 Å². The van der Waals surface area contributed by atoms with Gasteiger partial charge in [-0.1, -0.05) is 90.5 Å². The van der Waals surface area contributed by atoms with Crippen molar-refractivity contribution >= 4 is 35.2 Å². The molecule has 0 unspecified atom stereocenters. The third kappa shape index (κ3) is 7.70. The summed E-state index contributed by atoms with van der Waals surface area (Å²) in [6, 6.07) is 8.27. The van der Waals surface area contributed by atoms with Crippen LogP contribution in [-0.4, -0.2) is 12.5 Å². The van der Waals surface area contributed by atoms with E-state index in [9.17, 15) is 0 Å². The van der Waals surface area contributed by atoms with E-state index in [0.29, 0.717) is 34.6 Å². The number of benzene rings is 1. The van der Waals surface area contributed by atoms with Crippen LogP contribution in [0.15, 0.2) is 106 Å². The largest absolute Gasteiger partial charge is 0.477 e. The summed E-state index contributed by atoms with van der Waals surface area (Å²) in [4.78, 5) is 4.39. The fourth-order valence-corrected chi connectivity index (χ4v) is 3.08. The average Bonchev–Trinajstić information content (AvgIpc) is 2.83. The zero-order valence-corrected chi connectivity index (χ0v) is 19.0. The molecule has 4 heteroatoms. The summed E-state index contributed by atoms with van der Waals surface area (Å²) in [6.45, 7) is 12.3. The van der Waals surface area contributed by atoms with Crippen LogP contribution in [0, 0.1) is 0 Å². The lowest BCUT2D eigenvalue weighted by Crippen LogP contribution is -2.07. The maximum Gasteiger partial charge on any atom is 0.220 e. The van der Waals surface area contributed by atoms with Crippen LogP contribution in [0.5, 0.6) is 0 Å². The molecule has 1 aromatic rings. The number of rotatable bonds is 8. The van der Waals surface area contributed by atoms with Crippen molar-refractivity contribution in [3.63, 3.8) is 0 Å². The summed E-state index contributed by atoms with van der Waals surface area (Å²) in [5, 5.41) is 1.09. The predicted octanol–water partition coefficient (Wildman–Crippen LogP) is 7.90. The molecular formula is C26H27Cl2NO. The normalized spacial score (nSPS) is 15.1. The Morgan fingerprint density at radius 1 is 1.27 bits per heavy atom. The Morgan fingerprint density at radius 2 is 2.03 bits per heavy atom. The fraction of sp³-hybridized carbons (Fsp3) is 0.192. The molecule has 1 aliphatic rings. The minimum atomic E-state index is 0.488. The highest BCUT2D eigenvalue weighted by atomic mass is 35.5. The monoisotopic (exact) mass is 439 g/mol. The van der Waals surface area contributed by atoms with E-state index in [1.807, 2.05) is 50.3 Å². The average molecular weight is 440 g/mol. The molecule has 0 bridgehead atoms. The SMILES string of the molecule is C=C(Cl)/C=C\C=C(/C)CCOC1=NC=C(Cl)C(Cc2ccccc2/C=C\C)=CC1=C. The van der Waals surface area contributed by atoms with Crippen molar-refractivity contribution in [2.24, 2.45) is 4.99 Å². The van der Waals surface area contributed by atoms with E-state index in [4.69, 9.17) is 27.9 Å². The second kappa shape index (κ2) is 12.2. The Kier molecular flexibility index (Phi) is 9.66. The minimum absolute atomic E-state index is 0.488. The topological polar surface area (TPSA) is 21.6 Å². The van der Waals surface area contributed by atoms with Crippen LogP contribution in [-0.2, 0) is 11.2 Å². The molecule has 156 valence electrons. The van der Waals surface area contributed by atoms with Crippen molar-refractivity contribution < 1.29 is 4.74 Å². The molecule has 0 radical (unpaired) electrons. The molecule has 30 heavy (non-hydrogen) atoms. The standard InChI is InChI=1S/C26H27Cl2NO/c1-5-9-22-12-6-7-13-23(22)17-24-16-20(3)26(29-18-25(24)28)30-15-14-19(2)10-8-11-21(4)27/h5-13,16,18H,3-4,14-15,17H2,1-2H3/b9-5-,11-8-,19-10+. The van der Waals surface area contributed by atoms with Gasteiger partial charge in [-0.3, -0.25) is 0 Å². The Bertz CT molecular complexity index is 975. The molecule has 0 spiro atoms. The third-order valence-electron chi connectivity index (χ3n) is 4.40. The number of allylic oxidation sites excluding steroid dienone is 7. The van der Waals surface area contributed by atoms with E-state index < -0.39 is 0 Å². The number of halogens is 2. The zero-order chi connectivity index (χ0) is 21.9. The first-order chi connectivity index (χ1) is 14.4. The molecule has 0 aliphatic carbocycles. The first-order valence-corrected chi connectivity index (χ1v) is 10.5. The van der Waals surface area contributed by atoms with Crippen LogP contribution in [0.25, 0.3) is 6.08 Å². The van der Waals surface area contributed by atoms with E-state index >= 15 is 0 Å². The molecular weight excluding hydrogens is 413 g/mol. The van der Waals surface area contributed by atoms with E-state index in [2.05, 4.69) is 36.4 Å². The summed E-state index contributed by atoms with van der Waals surface area (Å²) in [7, 11) is 0. The summed E-state index contributed by atoms with van der Waals surface area (Å²) in [5.74, 6) is 0.488. The molecule has 0 N–H and O–H groups in total. The highest BCUT2D eigenvalue weighted by molar-refractivity contribution is 6.32. The van der Waals surface area contributed by atoms with Gasteiger partial charge in [0, 0.05) is 23.2 Å². The van der Waals surface area contributed by atoms with Crippen molar-refractivity contribution in [1.82, 2.24) is 0 Å². The summed E-state index contributed by atoms with van der Waals surface area (Å²) >= 11 is 12.2. The highest BCUT2D eigenvalue weighted by Crippen LogP contribution is 2.26. The van der Waals surface area contributed by atoms with Crippen LogP contribution < -0.4 is 0 Å². The molecule has 0 aromatic heterocycles. The van der Waals surface area contributed by atoms with Gasteiger partial charge in [0.1, 0.15) is 0 Å².